The fourth-order valence-electron chi connectivity index (χ4n) is 3.69. The third-order valence-corrected chi connectivity index (χ3v) is 6.72. The predicted octanol–water partition coefficient (Wildman–Crippen LogP) is 4.19. The van der Waals surface area contributed by atoms with Gasteiger partial charge in [-0.05, 0) is 62.7 Å². The van der Waals surface area contributed by atoms with Crippen LogP contribution in [0.15, 0.2) is 84.9 Å². The summed E-state index contributed by atoms with van der Waals surface area (Å²) in [7, 11) is -3.81. The molecule has 1 N–H and O–H groups in total. The van der Waals surface area contributed by atoms with Crippen molar-refractivity contribution in [3.63, 3.8) is 0 Å². The summed E-state index contributed by atoms with van der Waals surface area (Å²) >= 11 is 0. The van der Waals surface area contributed by atoms with Gasteiger partial charge in [-0.25, -0.2) is 8.42 Å². The fraction of sp³-hybridized carbons (Fsp3) is 0.286. The molecule has 0 radical (unpaired) electrons. The summed E-state index contributed by atoms with van der Waals surface area (Å²) in [5, 5.41) is 2.83. The van der Waals surface area contributed by atoms with Crippen molar-refractivity contribution in [3.8, 4) is 11.5 Å². The average molecular weight is 524 g/mol. The van der Waals surface area contributed by atoms with Crippen molar-refractivity contribution in [2.24, 2.45) is 0 Å². The first-order valence-electron chi connectivity index (χ1n) is 12.0. The first-order chi connectivity index (χ1) is 17.5. The normalized spacial score (nSPS) is 12.0. The Hall–Kier alpha value is -3.85. The van der Waals surface area contributed by atoms with Gasteiger partial charge in [-0.15, -0.1) is 0 Å². The second-order valence-corrected chi connectivity index (χ2v) is 10.9. The van der Waals surface area contributed by atoms with E-state index < -0.39 is 28.5 Å². The number of sulfonamides is 1. The smallest absolute Gasteiger partial charge is 0.244 e. The molecule has 0 aromatic heterocycles. The maximum atomic E-state index is 13.5. The van der Waals surface area contributed by atoms with Crippen LogP contribution in [-0.2, 0) is 26.2 Å². The van der Waals surface area contributed by atoms with Crippen LogP contribution in [0.3, 0.4) is 0 Å². The van der Waals surface area contributed by atoms with Gasteiger partial charge < -0.3 is 15.0 Å². The molecule has 37 heavy (non-hydrogen) atoms. The molecule has 0 fully saturated rings. The number of rotatable bonds is 11. The second-order valence-electron chi connectivity index (χ2n) is 9.03. The minimum absolute atomic E-state index is 0.104. The van der Waals surface area contributed by atoms with Crippen molar-refractivity contribution < 1.29 is 22.7 Å². The maximum absolute atomic E-state index is 13.5. The van der Waals surface area contributed by atoms with Gasteiger partial charge in [-0.2, -0.15) is 0 Å². The van der Waals surface area contributed by atoms with E-state index in [1.807, 2.05) is 74.5 Å². The van der Waals surface area contributed by atoms with Crippen molar-refractivity contribution in [1.29, 1.82) is 0 Å². The van der Waals surface area contributed by atoms with Gasteiger partial charge in [0.2, 0.25) is 21.8 Å². The van der Waals surface area contributed by atoms with Gasteiger partial charge in [0.25, 0.3) is 0 Å². The van der Waals surface area contributed by atoms with Gasteiger partial charge in [-0.1, -0.05) is 48.5 Å². The van der Waals surface area contributed by atoms with Crippen LogP contribution in [0.4, 0.5) is 5.69 Å². The highest BCUT2D eigenvalue weighted by Gasteiger charge is 2.30. The zero-order valence-electron chi connectivity index (χ0n) is 21.5. The minimum Gasteiger partial charge on any atom is -0.457 e. The highest BCUT2D eigenvalue weighted by Crippen LogP contribution is 2.26. The molecule has 8 nitrogen and oxygen atoms in total. The second kappa shape index (κ2) is 12.4. The molecule has 0 aliphatic rings. The van der Waals surface area contributed by atoms with E-state index in [0.29, 0.717) is 17.2 Å². The van der Waals surface area contributed by atoms with Gasteiger partial charge in [0.05, 0.1) is 11.9 Å². The molecule has 0 spiro atoms. The van der Waals surface area contributed by atoms with Gasteiger partial charge in [0.15, 0.2) is 0 Å². The topological polar surface area (TPSA) is 96.0 Å². The predicted molar refractivity (Wildman–Crippen MR) is 145 cm³/mol. The number of carbonyl (C=O) groups excluding carboxylic acids is 2. The summed E-state index contributed by atoms with van der Waals surface area (Å²) < 4.78 is 32.3. The number of nitrogens with one attached hydrogen (secondary N) is 1. The molecule has 0 saturated heterocycles. The van der Waals surface area contributed by atoms with E-state index in [1.165, 1.54) is 4.90 Å². The van der Waals surface area contributed by atoms with Gasteiger partial charge in [-0.3, -0.25) is 13.9 Å². The minimum atomic E-state index is -3.81. The number of hydrogen-bond donors (Lipinski definition) is 1. The first-order valence-corrected chi connectivity index (χ1v) is 13.8. The van der Waals surface area contributed by atoms with E-state index in [0.717, 1.165) is 16.1 Å². The fourth-order valence-corrected chi connectivity index (χ4v) is 4.54. The van der Waals surface area contributed by atoms with E-state index in [1.54, 1.807) is 31.2 Å². The van der Waals surface area contributed by atoms with Crippen LogP contribution in [0.2, 0.25) is 0 Å². The van der Waals surface area contributed by atoms with Gasteiger partial charge in [0, 0.05) is 12.6 Å². The van der Waals surface area contributed by atoms with Crippen molar-refractivity contribution >= 4 is 27.5 Å². The zero-order chi connectivity index (χ0) is 27.0. The number of hydrogen-bond acceptors (Lipinski definition) is 5. The number of ether oxygens (including phenoxy) is 1. The lowest BCUT2D eigenvalue weighted by atomic mass is 10.1. The number of anilines is 1. The first kappa shape index (κ1) is 27.7. The lowest BCUT2D eigenvalue weighted by Crippen LogP contribution is -2.52. The Morgan fingerprint density at radius 1 is 0.838 bits per heavy atom. The van der Waals surface area contributed by atoms with Crippen molar-refractivity contribution in [2.45, 2.75) is 39.4 Å². The monoisotopic (exact) mass is 523 g/mol. The molecule has 0 aliphatic carbocycles. The molecule has 9 heteroatoms. The van der Waals surface area contributed by atoms with Gasteiger partial charge >= 0.3 is 0 Å². The summed E-state index contributed by atoms with van der Waals surface area (Å²) in [5.41, 5.74) is 1.14. The van der Waals surface area contributed by atoms with Crippen LogP contribution in [-0.4, -0.2) is 50.0 Å². The molecule has 3 aromatic carbocycles. The molecular weight excluding hydrogens is 490 g/mol. The Bertz CT molecular complexity index is 1280. The molecule has 0 bridgehead atoms. The Morgan fingerprint density at radius 2 is 1.38 bits per heavy atom. The molecule has 2 amide bonds. The van der Waals surface area contributed by atoms with Crippen LogP contribution in [0, 0.1) is 0 Å². The quantitative estimate of drug-likeness (QED) is 0.407. The zero-order valence-corrected chi connectivity index (χ0v) is 22.3. The Morgan fingerprint density at radius 3 is 1.92 bits per heavy atom. The molecule has 3 rings (SSSR count). The van der Waals surface area contributed by atoms with Crippen molar-refractivity contribution in [3.05, 3.63) is 90.5 Å². The van der Waals surface area contributed by atoms with E-state index in [9.17, 15) is 18.0 Å². The lowest BCUT2D eigenvalue weighted by molar-refractivity contribution is -0.139. The van der Waals surface area contributed by atoms with Crippen LogP contribution in [0.5, 0.6) is 11.5 Å². The molecule has 0 saturated carbocycles. The molecule has 1 atom stereocenters. The third kappa shape index (κ3) is 8.08. The maximum Gasteiger partial charge on any atom is 0.244 e. The highest BCUT2D eigenvalue weighted by atomic mass is 32.2. The lowest BCUT2D eigenvalue weighted by Gasteiger charge is -2.32. The van der Waals surface area contributed by atoms with Crippen LogP contribution in [0.1, 0.15) is 26.3 Å². The van der Waals surface area contributed by atoms with E-state index in [2.05, 4.69) is 5.32 Å². The van der Waals surface area contributed by atoms with Crippen LogP contribution in [0.25, 0.3) is 0 Å². The molecule has 0 aliphatic heterocycles. The largest absolute Gasteiger partial charge is 0.457 e. The standard InChI is InChI=1S/C28H33N3O5S/c1-21(2)29-28(33)22(3)30(19-23-11-7-5-8-12-23)27(32)20-31(37(4,34)35)24-15-17-26(18-16-24)36-25-13-9-6-10-14-25/h5-18,21-22H,19-20H2,1-4H3,(H,29,33)/t22-/m1/s1. The van der Waals surface area contributed by atoms with Crippen molar-refractivity contribution in [2.75, 3.05) is 17.1 Å². The Balaban J connectivity index is 1.84. The number of para-hydroxylation sites is 1. The Kier molecular flexibility index (Phi) is 9.30. The SMILES string of the molecule is CC(C)NC(=O)[C@@H](C)N(Cc1ccccc1)C(=O)CN(c1ccc(Oc2ccccc2)cc1)S(C)(=O)=O. The summed E-state index contributed by atoms with van der Waals surface area (Å²) in [6.45, 7) is 5.02. The van der Waals surface area contributed by atoms with Crippen LogP contribution >= 0.6 is 0 Å². The molecular formula is C28H33N3O5S. The summed E-state index contributed by atoms with van der Waals surface area (Å²) in [4.78, 5) is 27.7. The average Bonchev–Trinajstić information content (AvgIpc) is 2.86. The molecule has 196 valence electrons. The highest BCUT2D eigenvalue weighted by molar-refractivity contribution is 7.92. The van der Waals surface area contributed by atoms with Crippen molar-refractivity contribution in [1.82, 2.24) is 10.2 Å². The van der Waals surface area contributed by atoms with E-state index in [-0.39, 0.29) is 18.5 Å². The van der Waals surface area contributed by atoms with Gasteiger partial charge in [0.1, 0.15) is 24.1 Å². The molecule has 0 heterocycles. The van der Waals surface area contributed by atoms with E-state index >= 15 is 0 Å². The van der Waals surface area contributed by atoms with E-state index in [4.69, 9.17) is 4.74 Å². The molecule has 0 unspecified atom stereocenters. The third-order valence-electron chi connectivity index (χ3n) is 5.58. The molecule has 3 aromatic rings. The number of nitrogens with zero attached hydrogens (tertiary/aromatic N) is 2. The van der Waals surface area contributed by atoms with Crippen LogP contribution < -0.4 is 14.4 Å². The summed E-state index contributed by atoms with van der Waals surface area (Å²) in [6, 6.07) is 24.0. The number of carbonyl (C=O) groups is 2. The summed E-state index contributed by atoms with van der Waals surface area (Å²) in [5.74, 6) is 0.368. The summed E-state index contributed by atoms with van der Waals surface area (Å²) in [6.07, 6.45) is 1.05. The number of amides is 2. The Labute approximate surface area is 218 Å². The number of benzene rings is 3.